The summed E-state index contributed by atoms with van der Waals surface area (Å²) in [7, 11) is 0. The molecule has 17 heavy (non-hydrogen) atoms. The van der Waals surface area contributed by atoms with E-state index in [1.165, 1.54) is 17.7 Å². The maximum absolute atomic E-state index is 5.48. The van der Waals surface area contributed by atoms with E-state index in [2.05, 4.69) is 43.4 Å². The van der Waals surface area contributed by atoms with Crippen LogP contribution in [-0.2, 0) is 11.2 Å². The van der Waals surface area contributed by atoms with Gasteiger partial charge in [0.15, 0.2) is 0 Å². The number of benzene rings is 1. The average Bonchev–Trinajstić information content (AvgIpc) is 2.90. The van der Waals surface area contributed by atoms with E-state index in [0.29, 0.717) is 12.0 Å². The van der Waals surface area contributed by atoms with Gasteiger partial charge in [-0.15, -0.1) is 0 Å². The molecule has 1 aromatic rings. The van der Waals surface area contributed by atoms with Crippen LogP contribution in [-0.4, -0.2) is 19.3 Å². The van der Waals surface area contributed by atoms with Crippen molar-refractivity contribution in [3.8, 4) is 0 Å². The average molecular weight is 233 g/mol. The second-order valence-electron chi connectivity index (χ2n) is 4.84. The molecule has 1 aliphatic heterocycles. The molecule has 2 nitrogen and oxygen atoms in total. The molecule has 0 aromatic heterocycles. The van der Waals surface area contributed by atoms with E-state index in [-0.39, 0.29) is 0 Å². The first kappa shape index (κ1) is 12.4. The molecule has 2 unspecified atom stereocenters. The number of aryl methyl sites for hydroxylation is 1. The summed E-state index contributed by atoms with van der Waals surface area (Å²) in [6.45, 7) is 6.29. The molecular formula is C15H23NO. The van der Waals surface area contributed by atoms with Crippen LogP contribution in [0.2, 0.25) is 0 Å². The van der Waals surface area contributed by atoms with Gasteiger partial charge in [0.1, 0.15) is 0 Å². The fourth-order valence-corrected chi connectivity index (χ4v) is 2.52. The zero-order valence-corrected chi connectivity index (χ0v) is 10.9. The van der Waals surface area contributed by atoms with Crippen molar-refractivity contribution in [3.63, 3.8) is 0 Å². The smallest absolute Gasteiger partial charge is 0.0514 e. The van der Waals surface area contributed by atoms with Crippen molar-refractivity contribution in [3.05, 3.63) is 29.8 Å². The van der Waals surface area contributed by atoms with E-state index < -0.39 is 0 Å². The lowest BCUT2D eigenvalue weighted by atomic mass is 9.96. The number of ether oxygens (including phenoxy) is 1. The predicted octanol–water partition coefficient (Wildman–Crippen LogP) is 3.48. The molecule has 2 heteroatoms. The molecule has 0 radical (unpaired) electrons. The second kappa shape index (κ2) is 6.06. The molecule has 0 amide bonds. The van der Waals surface area contributed by atoms with Gasteiger partial charge in [-0.25, -0.2) is 0 Å². The number of hydrogen-bond donors (Lipinski definition) is 1. The molecule has 0 aliphatic carbocycles. The third-order valence-corrected chi connectivity index (χ3v) is 3.66. The van der Waals surface area contributed by atoms with Crippen LogP contribution in [0.1, 0.15) is 32.3 Å². The summed E-state index contributed by atoms with van der Waals surface area (Å²) >= 11 is 0. The van der Waals surface area contributed by atoms with Crippen molar-refractivity contribution >= 4 is 5.69 Å². The Morgan fingerprint density at radius 1 is 1.41 bits per heavy atom. The van der Waals surface area contributed by atoms with Crippen molar-refractivity contribution in [1.29, 1.82) is 0 Å². The SMILES string of the molecule is CCc1cccc(NC(CC)C2CCOC2)c1. The zero-order chi connectivity index (χ0) is 12.1. The van der Waals surface area contributed by atoms with E-state index in [4.69, 9.17) is 4.74 Å². The predicted molar refractivity (Wildman–Crippen MR) is 72.4 cm³/mol. The molecule has 2 atom stereocenters. The quantitative estimate of drug-likeness (QED) is 0.840. The highest BCUT2D eigenvalue weighted by Gasteiger charge is 2.24. The molecule has 1 N–H and O–H groups in total. The maximum Gasteiger partial charge on any atom is 0.0514 e. The Morgan fingerprint density at radius 2 is 2.29 bits per heavy atom. The van der Waals surface area contributed by atoms with Crippen molar-refractivity contribution in [2.24, 2.45) is 5.92 Å². The topological polar surface area (TPSA) is 21.3 Å². The largest absolute Gasteiger partial charge is 0.382 e. The zero-order valence-electron chi connectivity index (χ0n) is 10.9. The number of anilines is 1. The number of rotatable bonds is 5. The van der Waals surface area contributed by atoms with Gasteiger partial charge in [0, 0.05) is 24.3 Å². The highest BCUT2D eigenvalue weighted by molar-refractivity contribution is 5.46. The molecule has 0 saturated carbocycles. The third-order valence-electron chi connectivity index (χ3n) is 3.66. The minimum atomic E-state index is 0.546. The highest BCUT2D eigenvalue weighted by Crippen LogP contribution is 2.23. The van der Waals surface area contributed by atoms with Crippen molar-refractivity contribution in [2.45, 2.75) is 39.2 Å². The Morgan fingerprint density at radius 3 is 2.94 bits per heavy atom. The van der Waals surface area contributed by atoms with E-state index in [0.717, 1.165) is 26.1 Å². The summed E-state index contributed by atoms with van der Waals surface area (Å²) in [5, 5.41) is 3.67. The minimum Gasteiger partial charge on any atom is -0.382 e. The molecule has 94 valence electrons. The van der Waals surface area contributed by atoms with E-state index in [1.807, 2.05) is 0 Å². The number of nitrogens with one attached hydrogen (secondary N) is 1. The summed E-state index contributed by atoms with van der Waals surface area (Å²) in [6.07, 6.45) is 3.45. The van der Waals surface area contributed by atoms with E-state index in [1.54, 1.807) is 0 Å². The summed E-state index contributed by atoms with van der Waals surface area (Å²) in [5.41, 5.74) is 2.65. The Bertz CT molecular complexity index is 345. The first-order valence-electron chi connectivity index (χ1n) is 6.76. The molecular weight excluding hydrogens is 210 g/mol. The molecule has 1 aliphatic rings. The van der Waals surface area contributed by atoms with E-state index >= 15 is 0 Å². The van der Waals surface area contributed by atoms with Gasteiger partial charge in [-0.1, -0.05) is 26.0 Å². The van der Waals surface area contributed by atoms with Crippen LogP contribution in [0.15, 0.2) is 24.3 Å². The first-order valence-corrected chi connectivity index (χ1v) is 6.76. The fraction of sp³-hybridized carbons (Fsp3) is 0.600. The van der Waals surface area contributed by atoms with Crippen LogP contribution in [0, 0.1) is 5.92 Å². The van der Waals surface area contributed by atoms with Crippen LogP contribution < -0.4 is 5.32 Å². The van der Waals surface area contributed by atoms with Gasteiger partial charge in [0.2, 0.25) is 0 Å². The van der Waals surface area contributed by atoms with Crippen LogP contribution in [0.4, 0.5) is 5.69 Å². The van der Waals surface area contributed by atoms with Crippen LogP contribution in [0.3, 0.4) is 0 Å². The van der Waals surface area contributed by atoms with Gasteiger partial charge in [0.25, 0.3) is 0 Å². The molecule has 1 heterocycles. The Hall–Kier alpha value is -1.02. The standard InChI is InChI=1S/C15H23NO/c1-3-12-6-5-7-14(10-12)16-15(4-2)13-8-9-17-11-13/h5-7,10,13,15-16H,3-4,8-9,11H2,1-2H3. The molecule has 2 rings (SSSR count). The fourth-order valence-electron chi connectivity index (χ4n) is 2.52. The maximum atomic E-state index is 5.48. The lowest BCUT2D eigenvalue weighted by molar-refractivity contribution is 0.182. The van der Waals surface area contributed by atoms with Gasteiger partial charge in [0.05, 0.1) is 6.61 Å². The van der Waals surface area contributed by atoms with Crippen LogP contribution in [0.5, 0.6) is 0 Å². The van der Waals surface area contributed by atoms with Crippen LogP contribution in [0.25, 0.3) is 0 Å². The Labute approximate surface area is 104 Å². The third kappa shape index (κ3) is 3.22. The monoisotopic (exact) mass is 233 g/mol. The summed E-state index contributed by atoms with van der Waals surface area (Å²) < 4.78 is 5.48. The lowest BCUT2D eigenvalue weighted by Gasteiger charge is -2.23. The van der Waals surface area contributed by atoms with Gasteiger partial charge in [-0.2, -0.15) is 0 Å². The van der Waals surface area contributed by atoms with Gasteiger partial charge < -0.3 is 10.1 Å². The lowest BCUT2D eigenvalue weighted by Crippen LogP contribution is -2.28. The van der Waals surface area contributed by atoms with Gasteiger partial charge >= 0.3 is 0 Å². The normalized spacial score (nSPS) is 21.4. The summed E-state index contributed by atoms with van der Waals surface area (Å²) in [6, 6.07) is 9.30. The van der Waals surface area contributed by atoms with E-state index in [9.17, 15) is 0 Å². The van der Waals surface area contributed by atoms with Crippen molar-refractivity contribution in [1.82, 2.24) is 0 Å². The summed E-state index contributed by atoms with van der Waals surface area (Å²) in [5.74, 6) is 0.672. The minimum absolute atomic E-state index is 0.546. The second-order valence-corrected chi connectivity index (χ2v) is 4.84. The number of hydrogen-bond acceptors (Lipinski definition) is 2. The van der Waals surface area contributed by atoms with Crippen molar-refractivity contribution in [2.75, 3.05) is 18.5 Å². The van der Waals surface area contributed by atoms with Gasteiger partial charge in [-0.05, 0) is 37.0 Å². The van der Waals surface area contributed by atoms with Crippen LogP contribution >= 0.6 is 0 Å². The van der Waals surface area contributed by atoms with Crippen molar-refractivity contribution < 1.29 is 4.74 Å². The highest BCUT2D eigenvalue weighted by atomic mass is 16.5. The molecule has 0 spiro atoms. The molecule has 1 fully saturated rings. The Balaban J connectivity index is 2.01. The molecule has 0 bridgehead atoms. The van der Waals surface area contributed by atoms with Gasteiger partial charge in [-0.3, -0.25) is 0 Å². The first-order chi connectivity index (χ1) is 8.33. The molecule has 1 aromatic carbocycles. The summed E-state index contributed by atoms with van der Waals surface area (Å²) in [4.78, 5) is 0. The Kier molecular flexibility index (Phi) is 4.43. The molecule has 1 saturated heterocycles.